The van der Waals surface area contributed by atoms with Gasteiger partial charge < -0.3 is 87.7 Å². The first-order valence-corrected chi connectivity index (χ1v) is 44.9. The fourth-order valence-corrected chi connectivity index (χ4v) is 18.8. The number of amides is 6. The van der Waals surface area contributed by atoms with Crippen LogP contribution in [0.5, 0.6) is 34.9 Å². The van der Waals surface area contributed by atoms with Crippen LogP contribution in [0.25, 0.3) is 33.1 Å². The molecule has 3 aromatic heterocycles. The molecule has 9 heterocycles. The number of nitrogens with zero attached hydrogens (tertiary/aromatic N) is 9. The molecule has 4 aliphatic carbocycles. The molecule has 0 unspecified atom stereocenters. The first-order valence-electron chi connectivity index (χ1n) is 44.9. The Morgan fingerprint density at radius 2 is 0.748 bits per heavy atom. The monoisotopic (exact) mass is 1930 g/mol. The molecule has 1 spiro atoms. The SMILES string of the molecule is CC[C@@H]1[C@@H]2CN(C(=O)[C@H](C(C)(C)C)NC(=O)O[C@@H]3C[C@H]3CC(F)(F)CCCc3nc4ccc(OC)cc4nc3O2)[C@@H]1[C-]=O.CC[C@@H]1[C@@H]2CN(C(=O)[C@H](C(C)(C)C)NC(=O)O[C@@H]3C[C@H]3CCC3(CCc4nc5ccc(OC)cc5nc4O2)CC3)[C@@H]1[C-]=O.COc1ccc2nc3c(nc2c1)O[C@H]1CN(C(=O)[C@H](C(C)(C)C)NC(=O)O[C@@H]2C[C@H]2CC(F)(F)CCC3)[C@H]([C-]=O)[C@@H]1C.[V].[V].[V]. The van der Waals surface area contributed by atoms with Gasteiger partial charge in [-0.1, -0.05) is 114 Å². The number of carbonyl (C=O) groups excluding carboxylic acids is 9. The first kappa shape index (κ1) is 103. The third-order valence-corrected chi connectivity index (χ3v) is 27.1. The Labute approximate surface area is 796 Å². The van der Waals surface area contributed by atoms with Gasteiger partial charge >= 0.3 is 18.3 Å². The summed E-state index contributed by atoms with van der Waals surface area (Å²) in [5.41, 5.74) is 3.33. The maximum absolute atomic E-state index is 15.0. The van der Waals surface area contributed by atoms with Crippen molar-refractivity contribution in [1.82, 2.24) is 60.6 Å². The van der Waals surface area contributed by atoms with Gasteiger partial charge in [0.25, 0.3) is 0 Å². The number of aromatic nitrogens is 6. The fourth-order valence-electron chi connectivity index (χ4n) is 18.8. The van der Waals surface area contributed by atoms with Gasteiger partial charge in [0.1, 0.15) is 89.1 Å². The topological polar surface area (TPSA) is 360 Å². The summed E-state index contributed by atoms with van der Waals surface area (Å²) in [7, 11) is 4.68. The molecule has 3 aromatic carbocycles. The molecule has 6 amide bonds. The average Bonchev–Trinajstić information content (AvgIpc) is 1.65. The summed E-state index contributed by atoms with van der Waals surface area (Å²) in [4.78, 5) is 150. The Morgan fingerprint density at radius 1 is 0.420 bits per heavy atom. The van der Waals surface area contributed by atoms with Crippen molar-refractivity contribution in [3.8, 4) is 34.9 Å². The summed E-state index contributed by atoms with van der Waals surface area (Å²) in [6, 6.07) is 10.4. The molecule has 6 aromatic rings. The van der Waals surface area contributed by atoms with E-state index in [2.05, 4.69) is 27.2 Å². The van der Waals surface area contributed by atoms with Crippen LogP contribution in [0, 0.1) is 57.2 Å². The Balaban J connectivity index is 0.000000188. The minimum Gasteiger partial charge on any atom is -0.540 e. The molecular weight excluding hydrogens is 1810 g/mol. The van der Waals surface area contributed by atoms with Crippen molar-refractivity contribution in [2.75, 3.05) is 41.0 Å². The summed E-state index contributed by atoms with van der Waals surface area (Å²) in [6.45, 7) is 22.3. The number of methoxy groups -OCH3 is 3. The van der Waals surface area contributed by atoms with E-state index in [0.29, 0.717) is 93.7 Å². The summed E-state index contributed by atoms with van der Waals surface area (Å²) in [6.07, 6.45) is 8.48. The van der Waals surface area contributed by atoms with E-state index in [1.807, 2.05) is 65.4 Å². The third kappa shape index (κ3) is 24.1. The van der Waals surface area contributed by atoms with E-state index in [1.54, 1.807) is 92.0 Å². The van der Waals surface area contributed by atoms with E-state index in [4.69, 9.17) is 67.6 Å². The van der Waals surface area contributed by atoms with Crippen molar-refractivity contribution in [2.24, 2.45) is 57.2 Å². The van der Waals surface area contributed by atoms with Crippen LogP contribution >= 0.6 is 0 Å². The Hall–Kier alpha value is -8.82. The van der Waals surface area contributed by atoms with Crippen molar-refractivity contribution in [3.05, 3.63) is 71.7 Å². The van der Waals surface area contributed by atoms with Crippen LogP contribution in [-0.2, 0) is 118 Å². The number of fused-ring (bicyclic) bond motifs is 15. The van der Waals surface area contributed by atoms with Crippen LogP contribution in [0.2, 0.25) is 0 Å². The predicted molar refractivity (Wildman–Crippen MR) is 460 cm³/mol. The van der Waals surface area contributed by atoms with Gasteiger partial charge in [-0.25, -0.2) is 80.7 Å². The Morgan fingerprint density at radius 3 is 1.08 bits per heavy atom. The zero-order valence-corrected chi connectivity index (χ0v) is 81.1. The van der Waals surface area contributed by atoms with Crippen molar-refractivity contribution in [1.29, 1.82) is 0 Å². The number of aryl methyl sites for hydroxylation is 3. The number of benzene rings is 3. The molecule has 709 valence electrons. The van der Waals surface area contributed by atoms with E-state index >= 15 is 0 Å². The number of alkyl halides is 4. The van der Waals surface area contributed by atoms with Crippen LogP contribution in [0.3, 0.4) is 0 Å². The second kappa shape index (κ2) is 41.6. The number of hydrogen-bond acceptors (Lipinski definition) is 24. The van der Waals surface area contributed by atoms with Gasteiger partial charge in [-0.15, -0.1) is 0 Å². The molecule has 3 saturated heterocycles. The van der Waals surface area contributed by atoms with Gasteiger partial charge in [0, 0.05) is 111 Å². The standard InChI is InChI=1S/C33H43N4O6.C31H39F2N4O6.C30H37F2N4O6.3V/c1-6-21-25(18-38)37-17-27(21)42-29-23(34-22-8-7-20(41-5)16-24(22)35-29)10-12-33(13-14-33)11-9-19-15-26(19)43-31(40)36-28(30(37)39)32(2,3)4;1-6-19-23(16-38)37-15-25(19)42-27-21(34-20-10-9-18(41-5)13-22(20)35-27)8-7-11-31(32,33)14-17-12-24(17)43-29(40)36-26(28(37)39)30(2,3)4;1-16-22(15-37)36-14-24(16)41-26-20(33-19-9-8-18(40-5)12-21(19)34-26)7-6-10-30(31,32)13-17-11-23(17)42-28(39)35-25(27(36)38)29(2,3)4;;;/h7-8,16,19,21,25-28H,6,9-15,17H2,1-5H3,(H,36,40);9-10,13,17,19,23-26H,6-8,11-12,14-15H2,1-5H3,(H,36,40);8-9,12,16-17,22-25H,6-7,10-11,13-14H2,1-5H3,(H,35,39);;;/q3*-1;;;/t19-,21+,25-,26-,27+,28-;17-,19-,23+,24+,25-,26+;16-,17-,22+,23+,24-,25+;;;/m100.../s1. The van der Waals surface area contributed by atoms with Gasteiger partial charge in [-0.2, -0.15) is 0 Å². The van der Waals surface area contributed by atoms with Crippen molar-refractivity contribution in [2.45, 2.75) is 290 Å². The van der Waals surface area contributed by atoms with Gasteiger partial charge in [0.15, 0.2) is 0 Å². The predicted octanol–water partition coefficient (Wildman–Crippen LogP) is 13.6. The zero-order valence-electron chi connectivity index (χ0n) is 76.9. The molecule has 6 aliphatic heterocycles. The maximum Gasteiger partial charge on any atom is 0.408 e. The number of rotatable bonds is 8. The molecule has 131 heavy (non-hydrogen) atoms. The molecule has 37 heteroatoms. The number of nitrogens with one attached hydrogen (secondary N) is 3. The number of halogens is 4. The number of alkyl carbamates (subject to hydrolysis) is 3. The maximum atomic E-state index is 15.0. The fraction of sp³-hybridized carbons (Fsp3) is 0.649. The van der Waals surface area contributed by atoms with Gasteiger partial charge in [-0.3, -0.25) is 14.4 Å². The zero-order chi connectivity index (χ0) is 92.0. The van der Waals surface area contributed by atoms with Crippen LogP contribution in [0.1, 0.15) is 203 Å². The molecule has 7 fully saturated rings. The summed E-state index contributed by atoms with van der Waals surface area (Å²) < 4.78 is 112. The summed E-state index contributed by atoms with van der Waals surface area (Å²) in [5.74, 6) is -6.42. The van der Waals surface area contributed by atoms with Gasteiger partial charge in [0.2, 0.25) is 47.2 Å². The molecule has 3 radical (unpaired) electrons. The Bertz CT molecular complexity index is 5160. The second-order valence-corrected chi connectivity index (χ2v) is 39.6. The van der Waals surface area contributed by atoms with Gasteiger partial charge in [0.05, 0.1) is 74.1 Å². The van der Waals surface area contributed by atoms with Crippen LogP contribution < -0.4 is 44.4 Å². The van der Waals surface area contributed by atoms with E-state index in [-0.39, 0.29) is 149 Å². The number of carbonyl (C=O) groups is 6. The van der Waals surface area contributed by atoms with Crippen molar-refractivity contribution >= 4 is 88.0 Å². The van der Waals surface area contributed by atoms with Crippen LogP contribution in [0.15, 0.2) is 54.6 Å². The minimum absolute atomic E-state index is 0. The van der Waals surface area contributed by atoms with Crippen molar-refractivity contribution < 1.29 is 159 Å². The first-order chi connectivity index (χ1) is 60.7. The number of ether oxygens (including phenoxy) is 9. The molecular formula is C94H119F4N12O18V3-3. The largest absolute Gasteiger partial charge is 0.540 e. The molecule has 10 aliphatic rings. The van der Waals surface area contributed by atoms with E-state index in [0.717, 1.165) is 43.3 Å². The van der Waals surface area contributed by atoms with E-state index < -0.39 is 161 Å². The minimum atomic E-state index is -2.96. The summed E-state index contributed by atoms with van der Waals surface area (Å²) >= 11 is 0. The Kier molecular flexibility index (Phi) is 32.6. The molecule has 30 nitrogen and oxygen atoms in total. The quantitative estimate of drug-likeness (QED) is 0.0724. The molecule has 16 rings (SSSR count). The van der Waals surface area contributed by atoms with E-state index in [1.165, 1.54) is 41.8 Å². The van der Waals surface area contributed by atoms with E-state index in [9.17, 15) is 60.7 Å². The molecule has 6 bridgehead atoms. The third-order valence-electron chi connectivity index (χ3n) is 27.1. The van der Waals surface area contributed by atoms with Crippen LogP contribution in [0.4, 0.5) is 31.9 Å². The number of hydrogen-bond donors (Lipinski definition) is 3. The normalized spacial score (nSPS) is 29.5. The molecule has 3 N–H and O–H groups in total. The smallest absolute Gasteiger partial charge is 0.408 e. The van der Waals surface area contributed by atoms with Gasteiger partial charge in [-0.05, 0) is 165 Å². The van der Waals surface area contributed by atoms with Crippen LogP contribution in [-0.4, -0.2) is 225 Å². The average molecular weight is 1930 g/mol. The molecule has 18 atom stereocenters. The second-order valence-electron chi connectivity index (χ2n) is 39.6. The summed E-state index contributed by atoms with van der Waals surface area (Å²) in [5, 5.41) is 8.13. The molecule has 4 saturated carbocycles. The van der Waals surface area contributed by atoms with Crippen molar-refractivity contribution in [3.63, 3.8) is 0 Å².